The molecule has 98 valence electrons. The van der Waals surface area contributed by atoms with Gasteiger partial charge in [0.1, 0.15) is 5.38 Å². The predicted octanol–water partition coefficient (Wildman–Crippen LogP) is 3.37. The summed E-state index contributed by atoms with van der Waals surface area (Å²) in [6, 6.07) is 9.46. The number of thioether (sulfide) groups is 1. The summed E-state index contributed by atoms with van der Waals surface area (Å²) in [6.07, 6.45) is 2.40. The lowest BCUT2D eigenvalue weighted by Crippen LogP contribution is -2.38. The average molecular weight is 284 g/mol. The fourth-order valence-corrected chi connectivity index (χ4v) is 3.58. The summed E-state index contributed by atoms with van der Waals surface area (Å²) < 4.78 is 0.183. The molecule has 2 unspecified atom stereocenters. The summed E-state index contributed by atoms with van der Waals surface area (Å²) in [5, 5.41) is 2.38. The Kier molecular flexibility index (Phi) is 4.57. The van der Waals surface area contributed by atoms with Crippen molar-refractivity contribution in [1.29, 1.82) is 0 Å². The second kappa shape index (κ2) is 5.98. The molecule has 1 N–H and O–H groups in total. The van der Waals surface area contributed by atoms with E-state index in [0.717, 1.165) is 12.0 Å². The number of alkyl halides is 1. The first-order valence-corrected chi connectivity index (χ1v) is 7.64. The molecule has 2 atom stereocenters. The Labute approximate surface area is 117 Å². The van der Waals surface area contributed by atoms with Crippen molar-refractivity contribution >= 4 is 29.3 Å². The third kappa shape index (κ3) is 3.42. The van der Waals surface area contributed by atoms with Gasteiger partial charge >= 0.3 is 0 Å². The van der Waals surface area contributed by atoms with E-state index in [1.54, 1.807) is 0 Å². The number of halogens is 1. The van der Waals surface area contributed by atoms with E-state index in [2.05, 4.69) is 12.2 Å². The third-order valence-corrected chi connectivity index (χ3v) is 5.25. The molecule has 1 saturated heterocycles. The number of hydrogen-bond donors (Lipinski definition) is 1. The maximum Gasteiger partial charge on any atom is 0.242 e. The zero-order valence-electron chi connectivity index (χ0n) is 10.5. The van der Waals surface area contributed by atoms with E-state index < -0.39 is 5.38 Å². The van der Waals surface area contributed by atoms with Crippen LogP contribution in [0.4, 0.5) is 0 Å². The largest absolute Gasteiger partial charge is 0.353 e. The monoisotopic (exact) mass is 283 g/mol. The van der Waals surface area contributed by atoms with E-state index in [0.29, 0.717) is 6.54 Å². The van der Waals surface area contributed by atoms with Crippen molar-refractivity contribution in [2.45, 2.75) is 29.9 Å². The van der Waals surface area contributed by atoms with Crippen molar-refractivity contribution in [3.63, 3.8) is 0 Å². The molecule has 1 fully saturated rings. The maximum atomic E-state index is 12.0. The Morgan fingerprint density at radius 1 is 1.50 bits per heavy atom. The number of carbonyl (C=O) groups is 1. The van der Waals surface area contributed by atoms with Gasteiger partial charge in [0.25, 0.3) is 0 Å². The second-order valence-corrected chi connectivity index (χ2v) is 7.01. The van der Waals surface area contributed by atoms with Crippen LogP contribution in [0, 0.1) is 0 Å². The standard InChI is InChI=1S/C14H18ClNOS/c1-14(8-5-9-18-14)10-16-13(17)12(15)11-6-3-2-4-7-11/h2-4,6-7,12H,5,8-10H2,1H3,(H,16,17). The Morgan fingerprint density at radius 3 is 2.83 bits per heavy atom. The van der Waals surface area contributed by atoms with Crippen molar-refractivity contribution in [2.75, 3.05) is 12.3 Å². The van der Waals surface area contributed by atoms with Gasteiger partial charge in [0.05, 0.1) is 0 Å². The highest BCUT2D eigenvalue weighted by Crippen LogP contribution is 2.37. The molecule has 0 aromatic heterocycles. The molecular formula is C14H18ClNOS. The quantitative estimate of drug-likeness (QED) is 0.859. The van der Waals surface area contributed by atoms with Gasteiger partial charge in [0.15, 0.2) is 0 Å². The number of carbonyl (C=O) groups excluding carboxylic acids is 1. The van der Waals surface area contributed by atoms with E-state index in [1.165, 1.54) is 12.2 Å². The topological polar surface area (TPSA) is 29.1 Å². The van der Waals surface area contributed by atoms with E-state index in [9.17, 15) is 4.79 Å². The number of nitrogens with one attached hydrogen (secondary N) is 1. The molecule has 0 saturated carbocycles. The SMILES string of the molecule is CC1(CNC(=O)C(Cl)c2ccccc2)CCCS1. The Balaban J connectivity index is 1.88. The smallest absolute Gasteiger partial charge is 0.242 e. The van der Waals surface area contributed by atoms with Gasteiger partial charge in [-0.25, -0.2) is 0 Å². The Bertz CT molecular complexity index is 404. The molecular weight excluding hydrogens is 266 g/mol. The van der Waals surface area contributed by atoms with Crippen LogP contribution in [0.15, 0.2) is 30.3 Å². The second-order valence-electron chi connectivity index (χ2n) is 4.89. The van der Waals surface area contributed by atoms with Crippen LogP contribution in [0.1, 0.15) is 30.7 Å². The minimum atomic E-state index is -0.596. The first kappa shape index (κ1) is 13.8. The normalized spacial score (nSPS) is 24.8. The molecule has 0 bridgehead atoms. The lowest BCUT2D eigenvalue weighted by Gasteiger charge is -2.23. The van der Waals surface area contributed by atoms with Crippen molar-refractivity contribution in [1.82, 2.24) is 5.32 Å². The Morgan fingerprint density at radius 2 is 2.22 bits per heavy atom. The molecule has 2 rings (SSSR count). The number of rotatable bonds is 4. The molecule has 2 nitrogen and oxygen atoms in total. The van der Waals surface area contributed by atoms with Crippen molar-refractivity contribution in [2.24, 2.45) is 0 Å². The summed E-state index contributed by atoms with van der Waals surface area (Å²) >= 11 is 8.11. The Hall–Kier alpha value is -0.670. The van der Waals surface area contributed by atoms with E-state index in [-0.39, 0.29) is 10.7 Å². The molecule has 1 aliphatic rings. The molecule has 1 aromatic rings. The fourth-order valence-electron chi connectivity index (χ4n) is 2.11. The molecule has 4 heteroatoms. The lowest BCUT2D eigenvalue weighted by molar-refractivity contribution is -0.120. The number of hydrogen-bond acceptors (Lipinski definition) is 2. The van der Waals surface area contributed by atoms with Crippen LogP contribution >= 0.6 is 23.4 Å². The van der Waals surface area contributed by atoms with Gasteiger partial charge in [-0.15, -0.1) is 11.6 Å². The highest BCUT2D eigenvalue weighted by molar-refractivity contribution is 8.00. The predicted molar refractivity (Wildman–Crippen MR) is 78.1 cm³/mol. The molecule has 0 aliphatic carbocycles. The zero-order valence-corrected chi connectivity index (χ0v) is 12.1. The van der Waals surface area contributed by atoms with Crippen LogP contribution < -0.4 is 5.32 Å². The van der Waals surface area contributed by atoms with Crippen molar-refractivity contribution in [3.05, 3.63) is 35.9 Å². The van der Waals surface area contributed by atoms with E-state index >= 15 is 0 Å². The van der Waals surface area contributed by atoms with Crippen LogP contribution in [0.2, 0.25) is 0 Å². The van der Waals surface area contributed by atoms with Gasteiger partial charge in [-0.3, -0.25) is 4.79 Å². The highest BCUT2D eigenvalue weighted by atomic mass is 35.5. The van der Waals surface area contributed by atoms with E-state index in [1.807, 2.05) is 42.1 Å². The molecule has 1 amide bonds. The number of benzene rings is 1. The van der Waals surface area contributed by atoms with Crippen molar-refractivity contribution in [3.8, 4) is 0 Å². The molecule has 1 heterocycles. The van der Waals surface area contributed by atoms with Crippen LogP contribution in [0.3, 0.4) is 0 Å². The summed E-state index contributed by atoms with van der Waals surface area (Å²) in [4.78, 5) is 12.0. The minimum Gasteiger partial charge on any atom is -0.353 e. The fraction of sp³-hybridized carbons (Fsp3) is 0.500. The van der Waals surface area contributed by atoms with Gasteiger partial charge in [-0.05, 0) is 31.1 Å². The van der Waals surface area contributed by atoms with Crippen molar-refractivity contribution < 1.29 is 4.79 Å². The maximum absolute atomic E-state index is 12.0. The zero-order chi connectivity index (χ0) is 13.0. The van der Waals surface area contributed by atoms with Gasteiger partial charge in [0.2, 0.25) is 5.91 Å². The van der Waals surface area contributed by atoms with Gasteiger partial charge in [-0.1, -0.05) is 30.3 Å². The highest BCUT2D eigenvalue weighted by Gasteiger charge is 2.30. The summed E-state index contributed by atoms with van der Waals surface area (Å²) in [5.74, 6) is 1.09. The van der Waals surface area contributed by atoms with Gasteiger partial charge < -0.3 is 5.32 Å². The van der Waals surface area contributed by atoms with Crippen LogP contribution in [-0.2, 0) is 4.79 Å². The van der Waals surface area contributed by atoms with E-state index in [4.69, 9.17) is 11.6 Å². The van der Waals surface area contributed by atoms with Crippen LogP contribution in [0.5, 0.6) is 0 Å². The van der Waals surface area contributed by atoms with Gasteiger partial charge in [-0.2, -0.15) is 11.8 Å². The average Bonchev–Trinajstić information content (AvgIpc) is 2.83. The third-order valence-electron chi connectivity index (χ3n) is 3.26. The lowest BCUT2D eigenvalue weighted by atomic mass is 10.1. The van der Waals surface area contributed by atoms with Crippen LogP contribution in [-0.4, -0.2) is 23.0 Å². The number of amides is 1. The summed E-state index contributed by atoms with van der Waals surface area (Å²) in [5.41, 5.74) is 0.848. The first-order valence-electron chi connectivity index (χ1n) is 6.21. The molecule has 0 radical (unpaired) electrons. The van der Waals surface area contributed by atoms with Gasteiger partial charge in [0, 0.05) is 11.3 Å². The summed E-state index contributed by atoms with van der Waals surface area (Å²) in [7, 11) is 0. The summed E-state index contributed by atoms with van der Waals surface area (Å²) in [6.45, 7) is 2.91. The van der Waals surface area contributed by atoms with Crippen LogP contribution in [0.25, 0.3) is 0 Å². The molecule has 18 heavy (non-hydrogen) atoms. The molecule has 1 aromatic carbocycles. The molecule has 0 spiro atoms. The minimum absolute atomic E-state index is 0.100. The molecule has 1 aliphatic heterocycles. The first-order chi connectivity index (χ1) is 8.61.